The van der Waals surface area contributed by atoms with E-state index in [-0.39, 0.29) is 16.4 Å². The third-order valence-electron chi connectivity index (χ3n) is 2.50. The van der Waals surface area contributed by atoms with Crippen LogP contribution in [-0.4, -0.2) is 22.2 Å². The maximum atomic E-state index is 11.7. The molecule has 7 heteroatoms. The molecule has 0 aliphatic carbocycles. The molecule has 1 aromatic rings. The van der Waals surface area contributed by atoms with E-state index in [2.05, 4.69) is 31.9 Å². The number of carbonyl (C=O) groups is 1. The van der Waals surface area contributed by atoms with Crippen molar-refractivity contribution in [2.45, 2.75) is 11.2 Å². The van der Waals surface area contributed by atoms with E-state index in [9.17, 15) is 14.9 Å². The molecule has 0 saturated carbocycles. The van der Waals surface area contributed by atoms with Crippen molar-refractivity contribution in [1.29, 1.82) is 0 Å². The molecule has 2 rings (SSSR count). The lowest BCUT2D eigenvalue weighted by Gasteiger charge is -2.16. The number of nitrogens with zero attached hydrogens (tertiary/aromatic N) is 2. The van der Waals surface area contributed by atoms with Crippen LogP contribution in [0.25, 0.3) is 0 Å². The molecule has 1 saturated heterocycles. The first-order valence-corrected chi connectivity index (χ1v) is 6.58. The van der Waals surface area contributed by atoms with E-state index in [1.54, 1.807) is 12.1 Å². The molecule has 1 heterocycles. The number of anilines is 1. The van der Waals surface area contributed by atoms with Crippen LogP contribution in [0.15, 0.2) is 22.7 Å². The zero-order valence-electron chi connectivity index (χ0n) is 8.60. The number of nitro groups is 1. The Bertz CT molecular complexity index is 492. The van der Waals surface area contributed by atoms with E-state index in [1.807, 2.05) is 0 Å². The molecule has 17 heavy (non-hydrogen) atoms. The van der Waals surface area contributed by atoms with Crippen molar-refractivity contribution in [2.24, 2.45) is 0 Å². The van der Waals surface area contributed by atoms with Crippen LogP contribution < -0.4 is 4.90 Å². The Kier molecular flexibility index (Phi) is 3.48. The Balaban J connectivity index is 2.46. The summed E-state index contributed by atoms with van der Waals surface area (Å²) in [6, 6.07) is 4.59. The fourth-order valence-electron chi connectivity index (χ4n) is 1.76. The van der Waals surface area contributed by atoms with E-state index in [0.717, 1.165) is 0 Å². The second-order valence-corrected chi connectivity index (χ2v) is 5.91. The maximum absolute atomic E-state index is 11.7. The summed E-state index contributed by atoms with van der Waals surface area (Å²) in [5.41, 5.74) is 0.291. The van der Waals surface area contributed by atoms with Crippen LogP contribution in [0.5, 0.6) is 0 Å². The minimum absolute atomic E-state index is 0.0496. The third-order valence-corrected chi connectivity index (χ3v) is 3.61. The van der Waals surface area contributed by atoms with Gasteiger partial charge in [-0.3, -0.25) is 14.9 Å². The summed E-state index contributed by atoms with van der Waals surface area (Å²) in [5, 5.41) is 10.9. The van der Waals surface area contributed by atoms with Crippen LogP contribution in [0, 0.1) is 10.1 Å². The largest absolute Gasteiger partial charge is 0.305 e. The van der Waals surface area contributed by atoms with Gasteiger partial charge in [0, 0.05) is 28.3 Å². The fraction of sp³-hybridized carbons (Fsp3) is 0.300. The molecular formula is C10H8Br2N2O3. The molecule has 1 atom stereocenters. The lowest BCUT2D eigenvalue weighted by atomic mass is 10.2. The zero-order valence-corrected chi connectivity index (χ0v) is 11.8. The van der Waals surface area contributed by atoms with Gasteiger partial charge in [-0.15, -0.1) is 0 Å². The van der Waals surface area contributed by atoms with Crippen LogP contribution in [-0.2, 0) is 4.79 Å². The second-order valence-electron chi connectivity index (χ2n) is 3.70. The number of carbonyl (C=O) groups excluding carboxylic acids is 1. The molecule has 0 spiro atoms. The molecule has 90 valence electrons. The van der Waals surface area contributed by atoms with Gasteiger partial charge in [-0.2, -0.15) is 0 Å². The highest BCUT2D eigenvalue weighted by molar-refractivity contribution is 9.10. The molecule has 0 bridgehead atoms. The zero-order chi connectivity index (χ0) is 12.6. The summed E-state index contributed by atoms with van der Waals surface area (Å²) in [6.45, 7) is 0.454. The van der Waals surface area contributed by atoms with Crippen molar-refractivity contribution in [3.8, 4) is 0 Å². The first-order valence-electron chi connectivity index (χ1n) is 4.87. The van der Waals surface area contributed by atoms with Crippen molar-refractivity contribution in [3.63, 3.8) is 0 Å². The van der Waals surface area contributed by atoms with Gasteiger partial charge in [0.15, 0.2) is 0 Å². The number of benzene rings is 1. The number of hydrogen-bond donors (Lipinski definition) is 0. The topological polar surface area (TPSA) is 63.5 Å². The molecule has 1 unspecified atom stereocenters. The molecule has 1 fully saturated rings. The number of rotatable bonds is 2. The van der Waals surface area contributed by atoms with Crippen molar-refractivity contribution < 1.29 is 9.72 Å². The fourth-order valence-corrected chi connectivity index (χ4v) is 2.68. The van der Waals surface area contributed by atoms with E-state index >= 15 is 0 Å². The van der Waals surface area contributed by atoms with Crippen LogP contribution in [0.1, 0.15) is 6.42 Å². The van der Waals surface area contributed by atoms with Crippen molar-refractivity contribution >= 4 is 49.1 Å². The van der Waals surface area contributed by atoms with Crippen LogP contribution in [0.2, 0.25) is 0 Å². The number of nitro benzene ring substituents is 1. The van der Waals surface area contributed by atoms with Gasteiger partial charge in [-0.05, 0) is 12.1 Å². The van der Waals surface area contributed by atoms with Gasteiger partial charge >= 0.3 is 0 Å². The number of halogens is 2. The summed E-state index contributed by atoms with van der Waals surface area (Å²) in [6.07, 6.45) is 0.365. The van der Waals surface area contributed by atoms with Gasteiger partial charge < -0.3 is 4.90 Å². The molecule has 1 aliphatic rings. The minimum atomic E-state index is -0.476. The van der Waals surface area contributed by atoms with Crippen LogP contribution in [0.4, 0.5) is 11.4 Å². The van der Waals surface area contributed by atoms with Crippen molar-refractivity contribution in [2.75, 3.05) is 11.4 Å². The molecule has 1 aliphatic heterocycles. The van der Waals surface area contributed by atoms with Gasteiger partial charge in [0.05, 0.1) is 4.92 Å². The Hall–Kier alpha value is -0.950. The molecule has 0 N–H and O–H groups in total. The Morgan fingerprint density at radius 1 is 1.47 bits per heavy atom. The van der Waals surface area contributed by atoms with Crippen LogP contribution >= 0.6 is 31.9 Å². The number of hydrogen-bond acceptors (Lipinski definition) is 3. The molecule has 1 aromatic carbocycles. The smallest absolute Gasteiger partial charge is 0.293 e. The van der Waals surface area contributed by atoms with Gasteiger partial charge in [0.1, 0.15) is 5.69 Å². The third kappa shape index (κ3) is 2.50. The number of alkyl halides is 1. The Labute approximate surface area is 114 Å². The predicted octanol–water partition coefficient (Wildman–Crippen LogP) is 2.86. The van der Waals surface area contributed by atoms with E-state index in [4.69, 9.17) is 0 Å². The van der Waals surface area contributed by atoms with Gasteiger partial charge in [0.2, 0.25) is 5.91 Å². The standard InChI is InChI=1S/C10H8Br2N2O3/c11-6-1-2-8(14(16)17)9(3-6)13-5-7(12)4-10(13)15/h1-3,7H,4-5H2. The normalized spacial score (nSPS) is 19.8. The summed E-state index contributed by atoms with van der Waals surface area (Å²) in [5.74, 6) is -0.104. The van der Waals surface area contributed by atoms with Crippen molar-refractivity contribution in [3.05, 3.63) is 32.8 Å². The lowest BCUT2D eigenvalue weighted by Crippen LogP contribution is -2.25. The monoisotopic (exact) mass is 362 g/mol. The minimum Gasteiger partial charge on any atom is -0.305 e. The van der Waals surface area contributed by atoms with E-state index < -0.39 is 4.92 Å². The molecule has 0 aromatic heterocycles. The van der Waals surface area contributed by atoms with Gasteiger partial charge in [-0.1, -0.05) is 31.9 Å². The van der Waals surface area contributed by atoms with Gasteiger partial charge in [-0.25, -0.2) is 0 Å². The predicted molar refractivity (Wildman–Crippen MR) is 70.5 cm³/mol. The first-order chi connectivity index (χ1) is 7.99. The molecule has 5 nitrogen and oxygen atoms in total. The van der Waals surface area contributed by atoms with Crippen molar-refractivity contribution in [1.82, 2.24) is 0 Å². The van der Waals surface area contributed by atoms with Gasteiger partial charge in [0.25, 0.3) is 5.69 Å². The molecule has 1 amide bonds. The summed E-state index contributed by atoms with van der Waals surface area (Å²) >= 11 is 6.61. The average Bonchev–Trinajstić information content (AvgIpc) is 2.57. The molecule has 0 radical (unpaired) electrons. The summed E-state index contributed by atoms with van der Waals surface area (Å²) in [4.78, 5) is 23.7. The molecular weight excluding hydrogens is 356 g/mol. The quantitative estimate of drug-likeness (QED) is 0.461. The average molecular weight is 364 g/mol. The summed E-state index contributed by atoms with van der Waals surface area (Å²) < 4.78 is 0.712. The second kappa shape index (κ2) is 4.73. The summed E-state index contributed by atoms with van der Waals surface area (Å²) in [7, 11) is 0. The first kappa shape index (κ1) is 12.5. The highest BCUT2D eigenvalue weighted by Gasteiger charge is 2.32. The van der Waals surface area contributed by atoms with E-state index in [0.29, 0.717) is 23.1 Å². The highest BCUT2D eigenvalue weighted by atomic mass is 79.9. The number of amides is 1. The highest BCUT2D eigenvalue weighted by Crippen LogP contribution is 2.34. The van der Waals surface area contributed by atoms with Crippen LogP contribution in [0.3, 0.4) is 0 Å². The lowest BCUT2D eigenvalue weighted by molar-refractivity contribution is -0.384. The Morgan fingerprint density at radius 3 is 2.71 bits per heavy atom. The maximum Gasteiger partial charge on any atom is 0.293 e. The van der Waals surface area contributed by atoms with E-state index in [1.165, 1.54) is 11.0 Å². The SMILES string of the molecule is O=C1CC(Br)CN1c1cc(Br)ccc1[N+](=O)[O-]. The Morgan fingerprint density at radius 2 is 2.18 bits per heavy atom.